The number of carbonyl (C=O) groups is 3. The van der Waals surface area contributed by atoms with Gasteiger partial charge in [0.05, 0.1) is 0 Å². The van der Waals surface area contributed by atoms with Crippen LogP contribution in [-0.4, -0.2) is 30.5 Å². The number of carbonyl (C=O) groups excluding carboxylic acids is 3. The largest absolute Gasteiger partial charge is 0.489 e. The van der Waals surface area contributed by atoms with E-state index in [1.165, 1.54) is 37.7 Å². The smallest absolute Gasteiger partial charge is 0.408 e. The molecule has 5 rings (SSSR count). The minimum absolute atomic E-state index is 0.0528. The number of esters is 1. The van der Waals surface area contributed by atoms with Crippen LogP contribution in [0.25, 0.3) is 0 Å². The monoisotopic (exact) mass is 605 g/mol. The highest BCUT2D eigenvalue weighted by Crippen LogP contribution is 2.32. The first-order chi connectivity index (χ1) is 22.0. The second-order valence-electron chi connectivity index (χ2n) is 11.4. The van der Waals surface area contributed by atoms with Gasteiger partial charge in [0, 0.05) is 12.0 Å². The highest BCUT2D eigenvalue weighted by atomic mass is 16.6. The normalized spacial score (nSPS) is 13.8. The van der Waals surface area contributed by atoms with Gasteiger partial charge in [-0.05, 0) is 53.1 Å². The molecule has 0 unspecified atom stereocenters. The summed E-state index contributed by atoms with van der Waals surface area (Å²) in [6.07, 6.45) is 5.50. The second-order valence-corrected chi connectivity index (χ2v) is 11.4. The molecule has 1 aliphatic carbocycles. The van der Waals surface area contributed by atoms with Gasteiger partial charge in [-0.2, -0.15) is 0 Å². The van der Waals surface area contributed by atoms with Gasteiger partial charge in [-0.1, -0.05) is 116 Å². The fraction of sp³-hybridized carbons (Fsp3) is 0.289. The molecule has 0 saturated heterocycles. The average molecular weight is 606 g/mol. The van der Waals surface area contributed by atoms with E-state index in [0.717, 1.165) is 16.7 Å². The summed E-state index contributed by atoms with van der Waals surface area (Å²) in [5, 5.41) is 2.63. The van der Waals surface area contributed by atoms with Crippen molar-refractivity contribution in [2.75, 3.05) is 6.61 Å². The fourth-order valence-electron chi connectivity index (χ4n) is 5.50. The molecule has 1 N–H and O–H groups in total. The van der Waals surface area contributed by atoms with Crippen LogP contribution >= 0.6 is 0 Å². The van der Waals surface area contributed by atoms with Crippen molar-refractivity contribution in [2.24, 2.45) is 0 Å². The molecule has 7 heteroatoms. The van der Waals surface area contributed by atoms with Gasteiger partial charge in [0.2, 0.25) is 0 Å². The van der Waals surface area contributed by atoms with Crippen LogP contribution in [0, 0.1) is 0 Å². The SMILES string of the molecule is O=C(N[C@H](Cc1ccc(OCc2ccccc2)cc1)C(=O)OCC(=O)c1ccc(C2CCCCC2)cc1)OCc1ccccc1. The molecule has 0 aromatic heterocycles. The summed E-state index contributed by atoms with van der Waals surface area (Å²) in [6.45, 7) is 0.0592. The first-order valence-corrected chi connectivity index (χ1v) is 15.6. The third-order valence-corrected chi connectivity index (χ3v) is 8.06. The molecule has 0 spiro atoms. The van der Waals surface area contributed by atoms with Crippen molar-refractivity contribution in [1.82, 2.24) is 5.32 Å². The molecule has 0 heterocycles. The second kappa shape index (κ2) is 16.2. The molecule has 1 aliphatic rings. The summed E-state index contributed by atoms with van der Waals surface area (Å²) in [5.41, 5.74) is 4.38. The first-order valence-electron chi connectivity index (χ1n) is 15.6. The number of hydrogen-bond donors (Lipinski definition) is 1. The molecule has 4 aromatic rings. The molecule has 45 heavy (non-hydrogen) atoms. The van der Waals surface area contributed by atoms with Gasteiger partial charge in [0.1, 0.15) is 25.0 Å². The molecule has 1 fully saturated rings. The number of alkyl carbamates (subject to hydrolysis) is 1. The molecule has 0 radical (unpaired) electrons. The van der Waals surface area contributed by atoms with Crippen LogP contribution in [0.5, 0.6) is 5.75 Å². The zero-order valence-corrected chi connectivity index (χ0v) is 25.4. The predicted octanol–water partition coefficient (Wildman–Crippen LogP) is 7.58. The summed E-state index contributed by atoms with van der Waals surface area (Å²) < 4.78 is 16.6. The Hall–Kier alpha value is -4.91. The highest BCUT2D eigenvalue weighted by molar-refractivity contribution is 5.98. The van der Waals surface area contributed by atoms with E-state index in [1.54, 1.807) is 12.1 Å². The van der Waals surface area contributed by atoms with Crippen LogP contribution in [0.3, 0.4) is 0 Å². The van der Waals surface area contributed by atoms with Gasteiger partial charge in [-0.3, -0.25) is 4.79 Å². The summed E-state index contributed by atoms with van der Waals surface area (Å²) in [4.78, 5) is 38.8. The van der Waals surface area contributed by atoms with E-state index in [1.807, 2.05) is 97.1 Å². The number of ketones is 1. The number of amides is 1. The van der Waals surface area contributed by atoms with Crippen LogP contribution in [0.15, 0.2) is 109 Å². The molecule has 1 amide bonds. The van der Waals surface area contributed by atoms with Crippen molar-refractivity contribution in [3.8, 4) is 5.75 Å². The maximum atomic E-state index is 13.2. The van der Waals surface area contributed by atoms with Crippen LogP contribution in [0.4, 0.5) is 4.79 Å². The number of hydrogen-bond acceptors (Lipinski definition) is 6. The Bertz CT molecular complexity index is 1510. The van der Waals surface area contributed by atoms with E-state index < -0.39 is 24.7 Å². The van der Waals surface area contributed by atoms with Gasteiger partial charge >= 0.3 is 12.1 Å². The molecule has 0 bridgehead atoms. The van der Waals surface area contributed by atoms with Crippen molar-refractivity contribution in [1.29, 1.82) is 0 Å². The van der Waals surface area contributed by atoms with Crippen molar-refractivity contribution in [3.63, 3.8) is 0 Å². The zero-order valence-electron chi connectivity index (χ0n) is 25.4. The Balaban J connectivity index is 1.19. The maximum Gasteiger partial charge on any atom is 0.408 e. The summed E-state index contributed by atoms with van der Waals surface area (Å²) in [7, 11) is 0. The van der Waals surface area contributed by atoms with Gasteiger partial charge < -0.3 is 19.5 Å². The molecule has 1 saturated carbocycles. The van der Waals surface area contributed by atoms with E-state index in [0.29, 0.717) is 23.8 Å². The molecule has 7 nitrogen and oxygen atoms in total. The lowest BCUT2D eigenvalue weighted by molar-refractivity contribution is -0.144. The lowest BCUT2D eigenvalue weighted by atomic mass is 9.84. The Morgan fingerprint density at radius 3 is 1.93 bits per heavy atom. The topological polar surface area (TPSA) is 90.9 Å². The number of rotatable bonds is 13. The Morgan fingerprint density at radius 2 is 1.29 bits per heavy atom. The lowest BCUT2D eigenvalue weighted by Crippen LogP contribution is -2.44. The Labute approximate surface area is 264 Å². The number of nitrogens with one attached hydrogen (secondary N) is 1. The summed E-state index contributed by atoms with van der Waals surface area (Å²) in [6, 6.07) is 33.0. The lowest BCUT2D eigenvalue weighted by Gasteiger charge is -2.22. The molecule has 232 valence electrons. The summed E-state index contributed by atoms with van der Waals surface area (Å²) in [5.74, 6) is 0.197. The van der Waals surface area contributed by atoms with E-state index in [4.69, 9.17) is 14.2 Å². The van der Waals surface area contributed by atoms with Crippen molar-refractivity contribution in [2.45, 2.75) is 63.7 Å². The van der Waals surface area contributed by atoms with Crippen LogP contribution in [0.2, 0.25) is 0 Å². The molecule has 1 atom stereocenters. The van der Waals surface area contributed by atoms with E-state index in [9.17, 15) is 14.4 Å². The van der Waals surface area contributed by atoms with E-state index in [2.05, 4.69) is 5.32 Å². The van der Waals surface area contributed by atoms with Gasteiger partial charge in [-0.25, -0.2) is 9.59 Å². The van der Waals surface area contributed by atoms with Gasteiger partial charge in [-0.15, -0.1) is 0 Å². The van der Waals surface area contributed by atoms with E-state index in [-0.39, 0.29) is 18.8 Å². The molecular weight excluding hydrogens is 566 g/mol. The maximum absolute atomic E-state index is 13.2. The minimum Gasteiger partial charge on any atom is -0.489 e. The zero-order chi connectivity index (χ0) is 31.3. The highest BCUT2D eigenvalue weighted by Gasteiger charge is 2.25. The first kappa shape index (κ1) is 31.5. The van der Waals surface area contributed by atoms with Gasteiger partial charge in [0.15, 0.2) is 12.4 Å². The number of Topliss-reactive ketones (excluding diaryl/α,β-unsaturated/α-hetero) is 1. The van der Waals surface area contributed by atoms with Crippen molar-refractivity contribution in [3.05, 3.63) is 137 Å². The fourth-order valence-corrected chi connectivity index (χ4v) is 5.50. The van der Waals surface area contributed by atoms with E-state index >= 15 is 0 Å². The van der Waals surface area contributed by atoms with Crippen molar-refractivity contribution < 1.29 is 28.6 Å². The quantitative estimate of drug-likeness (QED) is 0.125. The number of benzene rings is 4. The standard InChI is InChI=1S/C38H39NO6/c40-36(33-20-18-32(19-21-33)31-14-8-3-9-15-31)27-44-37(41)35(39-38(42)45-26-30-12-6-2-7-13-30)24-28-16-22-34(23-17-28)43-25-29-10-4-1-5-11-29/h1-2,4-7,10-13,16-23,31,35H,3,8-9,14-15,24-27H2,(H,39,42)/t35-/m1/s1. The Kier molecular flexibility index (Phi) is 11.4. The van der Waals surface area contributed by atoms with Crippen molar-refractivity contribution >= 4 is 17.8 Å². The molecule has 0 aliphatic heterocycles. The molecular formula is C38H39NO6. The third kappa shape index (κ3) is 9.80. The van der Waals surface area contributed by atoms with Crippen LogP contribution in [0.1, 0.15) is 70.6 Å². The Morgan fingerprint density at radius 1 is 0.667 bits per heavy atom. The summed E-state index contributed by atoms with van der Waals surface area (Å²) >= 11 is 0. The number of ether oxygens (including phenoxy) is 3. The molecule has 4 aromatic carbocycles. The van der Waals surface area contributed by atoms with Gasteiger partial charge in [0.25, 0.3) is 0 Å². The van der Waals surface area contributed by atoms with Crippen LogP contribution < -0.4 is 10.1 Å². The third-order valence-electron chi connectivity index (χ3n) is 8.06. The van der Waals surface area contributed by atoms with Crippen LogP contribution in [-0.2, 0) is 33.9 Å². The predicted molar refractivity (Wildman–Crippen MR) is 172 cm³/mol. The average Bonchev–Trinajstić information content (AvgIpc) is 3.10. The minimum atomic E-state index is -1.06.